The van der Waals surface area contributed by atoms with Crippen molar-refractivity contribution >= 4 is 17.3 Å². The molecule has 0 aliphatic carbocycles. The number of rotatable bonds is 4. The molecule has 1 unspecified atom stereocenters. The molecular weight excluding hydrogens is 292 g/mol. The van der Waals surface area contributed by atoms with E-state index in [-0.39, 0.29) is 11.8 Å². The lowest BCUT2D eigenvalue weighted by Crippen LogP contribution is -2.36. The van der Waals surface area contributed by atoms with E-state index in [9.17, 15) is 4.79 Å². The van der Waals surface area contributed by atoms with Crippen LogP contribution in [0.5, 0.6) is 0 Å². The van der Waals surface area contributed by atoms with Gasteiger partial charge in [-0.15, -0.1) is 0 Å². The van der Waals surface area contributed by atoms with E-state index < -0.39 is 0 Å². The molecule has 0 radical (unpaired) electrons. The van der Waals surface area contributed by atoms with Gasteiger partial charge < -0.3 is 19.7 Å². The Balaban J connectivity index is 1.55. The number of amides is 1. The van der Waals surface area contributed by atoms with Crippen molar-refractivity contribution in [1.29, 1.82) is 0 Å². The van der Waals surface area contributed by atoms with Gasteiger partial charge in [0.1, 0.15) is 0 Å². The lowest BCUT2D eigenvalue weighted by atomic mass is 9.87. The number of carbonyl (C=O) groups excluding carboxylic acids is 1. The van der Waals surface area contributed by atoms with Gasteiger partial charge in [0.05, 0.1) is 13.2 Å². The minimum Gasteiger partial charge on any atom is -0.381 e. The molecule has 0 spiro atoms. The first-order valence-corrected chi connectivity index (χ1v) is 8.55. The number of hydrogen-bond acceptors (Lipinski definition) is 4. The molecule has 126 valence electrons. The normalized spacial score (nSPS) is 21.0. The molecule has 3 rings (SSSR count). The average Bonchev–Trinajstić information content (AvgIpc) is 2.63. The van der Waals surface area contributed by atoms with Crippen molar-refractivity contribution in [2.24, 2.45) is 11.8 Å². The van der Waals surface area contributed by atoms with E-state index >= 15 is 0 Å². The van der Waals surface area contributed by atoms with Crippen molar-refractivity contribution in [3.63, 3.8) is 0 Å². The van der Waals surface area contributed by atoms with Gasteiger partial charge in [0, 0.05) is 43.6 Å². The molecular formula is C18H26N2O3. The Bertz CT molecular complexity index is 506. The number of ether oxygens (including phenoxy) is 2. The summed E-state index contributed by atoms with van der Waals surface area (Å²) >= 11 is 0. The molecule has 5 heteroatoms. The van der Waals surface area contributed by atoms with Crippen molar-refractivity contribution < 1.29 is 14.3 Å². The van der Waals surface area contributed by atoms with Crippen LogP contribution < -0.4 is 10.2 Å². The van der Waals surface area contributed by atoms with E-state index in [0.717, 1.165) is 58.0 Å². The van der Waals surface area contributed by atoms with Crippen LogP contribution in [0, 0.1) is 11.8 Å². The van der Waals surface area contributed by atoms with Crippen LogP contribution in [0.4, 0.5) is 11.4 Å². The minimum absolute atomic E-state index is 0.0258. The van der Waals surface area contributed by atoms with Crippen molar-refractivity contribution in [2.75, 3.05) is 49.7 Å². The van der Waals surface area contributed by atoms with E-state index in [0.29, 0.717) is 5.92 Å². The average molecular weight is 318 g/mol. The molecule has 5 nitrogen and oxygen atoms in total. The Morgan fingerprint density at radius 3 is 2.35 bits per heavy atom. The summed E-state index contributed by atoms with van der Waals surface area (Å²) < 4.78 is 10.7. The lowest BCUT2D eigenvalue weighted by molar-refractivity contribution is -0.122. The molecule has 23 heavy (non-hydrogen) atoms. The quantitative estimate of drug-likeness (QED) is 0.927. The number of anilines is 2. The summed E-state index contributed by atoms with van der Waals surface area (Å²) in [5, 5.41) is 3.05. The molecule has 2 aliphatic rings. The van der Waals surface area contributed by atoms with Crippen LogP contribution in [-0.4, -0.2) is 45.4 Å². The molecule has 1 atom stereocenters. The molecule has 2 fully saturated rings. The molecule has 2 saturated heterocycles. The summed E-state index contributed by atoms with van der Waals surface area (Å²) in [6.07, 6.45) is 1.95. The molecule has 2 aliphatic heterocycles. The van der Waals surface area contributed by atoms with Crippen molar-refractivity contribution in [1.82, 2.24) is 0 Å². The van der Waals surface area contributed by atoms with E-state index in [1.165, 1.54) is 5.69 Å². The first-order chi connectivity index (χ1) is 11.2. The standard InChI is InChI=1S/C18H26N2O3/c1-14(15-6-10-22-11-7-15)18(21)19-16-2-4-17(5-3-16)20-8-12-23-13-9-20/h2-5,14-15H,6-13H2,1H3,(H,19,21). The smallest absolute Gasteiger partial charge is 0.227 e. The zero-order chi connectivity index (χ0) is 16.1. The Morgan fingerprint density at radius 2 is 1.70 bits per heavy atom. The van der Waals surface area contributed by atoms with Gasteiger partial charge in [-0.2, -0.15) is 0 Å². The Hall–Kier alpha value is -1.59. The highest BCUT2D eigenvalue weighted by molar-refractivity contribution is 5.92. The summed E-state index contributed by atoms with van der Waals surface area (Å²) in [5.41, 5.74) is 2.05. The fourth-order valence-electron chi connectivity index (χ4n) is 3.26. The number of hydrogen-bond donors (Lipinski definition) is 1. The summed E-state index contributed by atoms with van der Waals surface area (Å²) in [6, 6.07) is 8.11. The molecule has 1 aromatic carbocycles. The van der Waals surface area contributed by atoms with Gasteiger partial charge >= 0.3 is 0 Å². The van der Waals surface area contributed by atoms with E-state index in [1.54, 1.807) is 0 Å². The molecule has 1 N–H and O–H groups in total. The van der Waals surface area contributed by atoms with Crippen LogP contribution in [-0.2, 0) is 14.3 Å². The fraction of sp³-hybridized carbons (Fsp3) is 0.611. The van der Waals surface area contributed by atoms with E-state index in [4.69, 9.17) is 9.47 Å². The first kappa shape index (κ1) is 16.3. The fourth-order valence-corrected chi connectivity index (χ4v) is 3.26. The summed E-state index contributed by atoms with van der Waals surface area (Å²) in [5.74, 6) is 0.560. The van der Waals surface area contributed by atoms with Crippen LogP contribution in [0.25, 0.3) is 0 Å². The van der Waals surface area contributed by atoms with Gasteiger partial charge in [0.15, 0.2) is 0 Å². The second kappa shape index (κ2) is 7.79. The number of morpholine rings is 1. The van der Waals surface area contributed by atoms with E-state index in [2.05, 4.69) is 22.3 Å². The largest absolute Gasteiger partial charge is 0.381 e. The number of benzene rings is 1. The number of nitrogens with one attached hydrogen (secondary N) is 1. The Morgan fingerprint density at radius 1 is 1.09 bits per heavy atom. The predicted molar refractivity (Wildman–Crippen MR) is 90.8 cm³/mol. The van der Waals surface area contributed by atoms with Crippen LogP contribution in [0.2, 0.25) is 0 Å². The van der Waals surface area contributed by atoms with Crippen LogP contribution >= 0.6 is 0 Å². The van der Waals surface area contributed by atoms with Crippen molar-refractivity contribution in [3.8, 4) is 0 Å². The third-order valence-electron chi connectivity index (χ3n) is 4.90. The van der Waals surface area contributed by atoms with Gasteiger partial charge in [0.25, 0.3) is 0 Å². The molecule has 0 saturated carbocycles. The van der Waals surface area contributed by atoms with Crippen LogP contribution in [0.3, 0.4) is 0 Å². The minimum atomic E-state index is 0.0258. The van der Waals surface area contributed by atoms with Crippen LogP contribution in [0.15, 0.2) is 24.3 Å². The van der Waals surface area contributed by atoms with Gasteiger partial charge in [-0.25, -0.2) is 0 Å². The molecule has 0 aromatic heterocycles. The second-order valence-corrected chi connectivity index (χ2v) is 6.37. The highest BCUT2D eigenvalue weighted by atomic mass is 16.5. The monoisotopic (exact) mass is 318 g/mol. The van der Waals surface area contributed by atoms with Gasteiger partial charge in [0.2, 0.25) is 5.91 Å². The molecule has 1 amide bonds. The molecule has 0 bridgehead atoms. The van der Waals surface area contributed by atoms with Crippen LogP contribution in [0.1, 0.15) is 19.8 Å². The zero-order valence-electron chi connectivity index (χ0n) is 13.8. The summed E-state index contributed by atoms with van der Waals surface area (Å²) in [7, 11) is 0. The van der Waals surface area contributed by atoms with Gasteiger partial charge in [-0.3, -0.25) is 4.79 Å². The highest BCUT2D eigenvalue weighted by Gasteiger charge is 2.26. The predicted octanol–water partition coefficient (Wildman–Crippen LogP) is 2.52. The van der Waals surface area contributed by atoms with Gasteiger partial charge in [-0.05, 0) is 43.0 Å². The maximum atomic E-state index is 12.4. The third kappa shape index (κ3) is 4.24. The zero-order valence-corrected chi connectivity index (χ0v) is 13.8. The Labute approximate surface area is 137 Å². The summed E-state index contributed by atoms with van der Waals surface area (Å²) in [4.78, 5) is 14.7. The number of carbonyl (C=O) groups is 1. The van der Waals surface area contributed by atoms with Crippen molar-refractivity contribution in [2.45, 2.75) is 19.8 Å². The summed E-state index contributed by atoms with van der Waals surface area (Å²) in [6.45, 7) is 6.97. The molecule has 2 heterocycles. The topological polar surface area (TPSA) is 50.8 Å². The number of nitrogens with zero attached hydrogens (tertiary/aromatic N) is 1. The second-order valence-electron chi connectivity index (χ2n) is 6.37. The maximum Gasteiger partial charge on any atom is 0.227 e. The molecule has 1 aromatic rings. The Kier molecular flexibility index (Phi) is 5.51. The lowest BCUT2D eigenvalue weighted by Gasteiger charge is -2.29. The highest BCUT2D eigenvalue weighted by Crippen LogP contribution is 2.25. The van der Waals surface area contributed by atoms with Gasteiger partial charge in [-0.1, -0.05) is 6.92 Å². The van der Waals surface area contributed by atoms with E-state index in [1.807, 2.05) is 19.1 Å². The SMILES string of the molecule is CC(C(=O)Nc1ccc(N2CCOCC2)cc1)C1CCOCC1. The van der Waals surface area contributed by atoms with Crippen molar-refractivity contribution in [3.05, 3.63) is 24.3 Å². The first-order valence-electron chi connectivity index (χ1n) is 8.55. The third-order valence-corrected chi connectivity index (χ3v) is 4.90. The maximum absolute atomic E-state index is 12.4.